The zero-order chi connectivity index (χ0) is 22.6. The van der Waals surface area contributed by atoms with Crippen LogP contribution in [-0.4, -0.2) is 60.2 Å². The number of hydrogen-bond donors (Lipinski definition) is 1. The van der Waals surface area contributed by atoms with E-state index in [2.05, 4.69) is 4.74 Å². The van der Waals surface area contributed by atoms with Crippen LogP contribution in [0.25, 0.3) is 0 Å². The van der Waals surface area contributed by atoms with Gasteiger partial charge in [-0.15, -0.1) is 0 Å². The van der Waals surface area contributed by atoms with Gasteiger partial charge in [-0.05, 0) is 6.42 Å². The lowest BCUT2D eigenvalue weighted by atomic mass is 9.79. The van der Waals surface area contributed by atoms with Gasteiger partial charge in [-0.2, -0.15) is 57.1 Å². The van der Waals surface area contributed by atoms with E-state index in [1.807, 2.05) is 0 Å². The summed E-state index contributed by atoms with van der Waals surface area (Å²) in [7, 11) is 0. The first kappa shape index (κ1) is 25.0. The highest BCUT2D eigenvalue weighted by Gasteiger charge is 2.90. The number of aliphatic hydroxyl groups excluding tert-OH is 1. The molecule has 0 amide bonds. The fraction of sp³-hybridized carbons (Fsp3) is 1.00. The molecule has 0 aromatic heterocycles. The van der Waals surface area contributed by atoms with Crippen LogP contribution in [0.3, 0.4) is 0 Å². The van der Waals surface area contributed by atoms with Gasteiger partial charge in [-0.1, -0.05) is 6.92 Å². The fourth-order valence-corrected chi connectivity index (χ4v) is 2.24. The van der Waals surface area contributed by atoms with Crippen molar-refractivity contribution < 1.29 is 66.9 Å². The van der Waals surface area contributed by atoms with Gasteiger partial charge in [0.1, 0.15) is 0 Å². The van der Waals surface area contributed by atoms with Crippen molar-refractivity contribution in [2.24, 2.45) is 5.41 Å². The maximum Gasteiger partial charge on any atom is 0.460 e. The minimum atomic E-state index is -7.91. The number of ether oxygens (including phenoxy) is 1. The summed E-state index contributed by atoms with van der Waals surface area (Å²) >= 11 is 0. The molecule has 1 saturated heterocycles. The van der Waals surface area contributed by atoms with Gasteiger partial charge in [-0.25, -0.2) is 0 Å². The van der Waals surface area contributed by atoms with Crippen molar-refractivity contribution in [3.8, 4) is 0 Å². The summed E-state index contributed by atoms with van der Waals surface area (Å²) in [6.07, 6.45) is -13.1. The molecule has 1 aliphatic rings. The summed E-state index contributed by atoms with van der Waals surface area (Å²) < 4.78 is 172. The number of aliphatic hydroxyl groups is 1. The normalized spacial score (nSPS) is 20.7. The van der Waals surface area contributed by atoms with E-state index in [4.69, 9.17) is 0 Å². The van der Waals surface area contributed by atoms with Crippen molar-refractivity contribution >= 4 is 0 Å². The van der Waals surface area contributed by atoms with Crippen molar-refractivity contribution in [2.45, 2.75) is 61.7 Å². The molecule has 1 fully saturated rings. The quantitative estimate of drug-likeness (QED) is 0.536. The van der Waals surface area contributed by atoms with E-state index in [0.717, 1.165) is 0 Å². The molecular weight excluding hydrogens is 435 g/mol. The smallest absolute Gasteiger partial charge is 0.392 e. The fourth-order valence-electron chi connectivity index (χ4n) is 2.24. The second kappa shape index (κ2) is 6.77. The largest absolute Gasteiger partial charge is 0.460 e. The summed E-state index contributed by atoms with van der Waals surface area (Å²) in [4.78, 5) is 0. The van der Waals surface area contributed by atoms with Crippen LogP contribution < -0.4 is 0 Å². The molecule has 1 N–H and O–H groups in total. The predicted molar refractivity (Wildman–Crippen MR) is 65.0 cm³/mol. The highest BCUT2D eigenvalue weighted by molar-refractivity contribution is 5.10. The molecule has 1 unspecified atom stereocenters. The van der Waals surface area contributed by atoms with Crippen LogP contribution >= 0.6 is 0 Å². The SMILES string of the molecule is CC1(C(O)CCC(F)(F)C(F)(F)C(F)(F)C(F)(F)C(F)(F)C(F)(F)F)COC1. The van der Waals surface area contributed by atoms with Crippen molar-refractivity contribution in [1.82, 2.24) is 0 Å². The Hall–Kier alpha value is -0.990. The minimum Gasteiger partial charge on any atom is -0.392 e. The maximum atomic E-state index is 13.6. The molecule has 1 atom stereocenters. The first-order valence-electron chi connectivity index (χ1n) is 7.30. The topological polar surface area (TPSA) is 29.5 Å². The standard InChI is InChI=1S/C13H13F13O2/c1-7(4-28-5-7)6(27)2-3-8(14,15)9(16,17)10(18,19)11(20,21)12(22,23)13(24,25)26/h6,27H,2-5H2,1H3. The number of halogens is 13. The van der Waals surface area contributed by atoms with E-state index in [1.165, 1.54) is 6.92 Å². The Balaban J connectivity index is 3.15. The van der Waals surface area contributed by atoms with E-state index in [0.29, 0.717) is 0 Å². The second-order valence-corrected chi connectivity index (χ2v) is 6.70. The van der Waals surface area contributed by atoms with Crippen LogP contribution in [0.15, 0.2) is 0 Å². The molecular formula is C13H13F13O2. The molecule has 168 valence electrons. The molecule has 0 aromatic rings. The molecule has 2 nitrogen and oxygen atoms in total. The lowest BCUT2D eigenvalue weighted by Crippen LogP contribution is -2.70. The third-order valence-corrected chi connectivity index (χ3v) is 4.40. The van der Waals surface area contributed by atoms with Gasteiger partial charge in [0.2, 0.25) is 0 Å². The molecule has 0 saturated carbocycles. The Morgan fingerprint density at radius 1 is 0.750 bits per heavy atom. The van der Waals surface area contributed by atoms with Crippen LogP contribution in [0, 0.1) is 5.41 Å². The van der Waals surface area contributed by atoms with E-state index >= 15 is 0 Å². The highest BCUT2D eigenvalue weighted by atomic mass is 19.4. The highest BCUT2D eigenvalue weighted by Crippen LogP contribution is 2.60. The number of rotatable bonds is 8. The summed E-state index contributed by atoms with van der Waals surface area (Å²) in [6.45, 7) is 0.758. The van der Waals surface area contributed by atoms with Crippen LogP contribution in [0.5, 0.6) is 0 Å². The lowest BCUT2D eigenvalue weighted by Gasteiger charge is -2.43. The maximum absolute atomic E-state index is 13.6. The average molecular weight is 448 g/mol. The van der Waals surface area contributed by atoms with Gasteiger partial charge in [0, 0.05) is 11.8 Å². The first-order valence-corrected chi connectivity index (χ1v) is 7.30. The Morgan fingerprint density at radius 3 is 1.46 bits per heavy atom. The summed E-state index contributed by atoms with van der Waals surface area (Å²) in [5.74, 6) is -36.9. The van der Waals surface area contributed by atoms with Crippen molar-refractivity contribution in [3.63, 3.8) is 0 Å². The minimum absolute atomic E-state index is 0.234. The van der Waals surface area contributed by atoms with E-state index in [9.17, 15) is 62.2 Å². The van der Waals surface area contributed by atoms with E-state index in [1.54, 1.807) is 0 Å². The Kier molecular flexibility index (Phi) is 6.06. The van der Waals surface area contributed by atoms with Crippen molar-refractivity contribution in [2.75, 3.05) is 13.2 Å². The van der Waals surface area contributed by atoms with Gasteiger partial charge < -0.3 is 9.84 Å². The third kappa shape index (κ3) is 3.52. The second-order valence-electron chi connectivity index (χ2n) is 6.70. The zero-order valence-corrected chi connectivity index (χ0v) is 13.7. The summed E-state index contributed by atoms with van der Waals surface area (Å²) in [6, 6.07) is 0. The molecule has 28 heavy (non-hydrogen) atoms. The summed E-state index contributed by atoms with van der Waals surface area (Å²) in [5, 5.41) is 9.59. The molecule has 0 spiro atoms. The van der Waals surface area contributed by atoms with E-state index < -0.39 is 60.1 Å². The van der Waals surface area contributed by atoms with Gasteiger partial charge in [0.15, 0.2) is 0 Å². The van der Waals surface area contributed by atoms with Gasteiger partial charge in [0.05, 0.1) is 19.3 Å². The van der Waals surface area contributed by atoms with Crippen LogP contribution in [0.1, 0.15) is 19.8 Å². The average Bonchev–Trinajstić information content (AvgIpc) is 2.48. The van der Waals surface area contributed by atoms with Gasteiger partial charge in [0.25, 0.3) is 0 Å². The number of alkyl halides is 13. The monoisotopic (exact) mass is 448 g/mol. The molecule has 1 aliphatic heterocycles. The van der Waals surface area contributed by atoms with Crippen molar-refractivity contribution in [3.05, 3.63) is 0 Å². The predicted octanol–water partition coefficient (Wildman–Crippen LogP) is 4.90. The summed E-state index contributed by atoms with van der Waals surface area (Å²) in [5.41, 5.74) is -1.23. The van der Waals surface area contributed by atoms with Gasteiger partial charge in [-0.3, -0.25) is 0 Å². The Bertz CT molecular complexity index is 565. The Labute approximate surface area is 148 Å². The number of hydrogen-bond acceptors (Lipinski definition) is 2. The third-order valence-electron chi connectivity index (χ3n) is 4.40. The molecule has 0 radical (unpaired) electrons. The lowest BCUT2D eigenvalue weighted by molar-refractivity contribution is -0.440. The Morgan fingerprint density at radius 2 is 1.14 bits per heavy atom. The molecule has 1 rings (SSSR count). The molecule has 15 heteroatoms. The molecule has 0 aromatic carbocycles. The zero-order valence-electron chi connectivity index (χ0n) is 13.7. The van der Waals surface area contributed by atoms with Crippen LogP contribution in [-0.2, 0) is 4.74 Å². The van der Waals surface area contributed by atoms with Gasteiger partial charge >= 0.3 is 35.8 Å². The van der Waals surface area contributed by atoms with E-state index in [-0.39, 0.29) is 13.2 Å². The molecule has 0 aliphatic carbocycles. The van der Waals surface area contributed by atoms with Crippen molar-refractivity contribution in [1.29, 1.82) is 0 Å². The molecule has 0 bridgehead atoms. The van der Waals surface area contributed by atoms with Crippen LogP contribution in [0.2, 0.25) is 0 Å². The van der Waals surface area contributed by atoms with Crippen LogP contribution in [0.4, 0.5) is 57.1 Å². The molecule has 1 heterocycles. The first-order chi connectivity index (χ1) is 12.1.